The molecule has 3 nitrogen and oxygen atoms in total. The van der Waals surface area contributed by atoms with Crippen LogP contribution in [0.4, 0.5) is 5.69 Å². The molecule has 0 saturated carbocycles. The zero-order valence-corrected chi connectivity index (χ0v) is 13.0. The SMILES string of the molecule is Cc1cc(N2CCCCCC2)c2cc(C)c(CO)cc2n1. The summed E-state index contributed by atoms with van der Waals surface area (Å²) < 4.78 is 0. The average molecular weight is 284 g/mol. The van der Waals surface area contributed by atoms with Crippen LogP contribution in [-0.4, -0.2) is 23.2 Å². The molecular weight excluding hydrogens is 260 g/mol. The van der Waals surface area contributed by atoms with Gasteiger partial charge < -0.3 is 10.0 Å². The van der Waals surface area contributed by atoms with Gasteiger partial charge in [0.2, 0.25) is 0 Å². The molecule has 0 unspecified atom stereocenters. The van der Waals surface area contributed by atoms with E-state index < -0.39 is 0 Å². The summed E-state index contributed by atoms with van der Waals surface area (Å²) in [6, 6.07) is 6.44. The number of hydrogen-bond acceptors (Lipinski definition) is 3. The van der Waals surface area contributed by atoms with Crippen molar-refractivity contribution in [2.75, 3.05) is 18.0 Å². The minimum Gasteiger partial charge on any atom is -0.392 e. The van der Waals surface area contributed by atoms with E-state index in [0.29, 0.717) is 0 Å². The van der Waals surface area contributed by atoms with Gasteiger partial charge in [0.25, 0.3) is 0 Å². The third kappa shape index (κ3) is 2.88. The number of aromatic nitrogens is 1. The predicted octanol–water partition coefficient (Wildman–Crippen LogP) is 3.72. The van der Waals surface area contributed by atoms with Crippen molar-refractivity contribution < 1.29 is 5.11 Å². The van der Waals surface area contributed by atoms with E-state index in [1.54, 1.807) is 0 Å². The van der Waals surface area contributed by atoms with E-state index in [0.717, 1.165) is 35.4 Å². The molecule has 0 spiro atoms. The molecule has 2 aromatic rings. The Kier molecular flexibility index (Phi) is 4.11. The fourth-order valence-electron chi connectivity index (χ4n) is 3.28. The first-order valence-corrected chi connectivity index (χ1v) is 7.96. The van der Waals surface area contributed by atoms with Crippen LogP contribution in [0.3, 0.4) is 0 Å². The summed E-state index contributed by atoms with van der Waals surface area (Å²) in [5.41, 5.74) is 5.49. The molecule has 3 heteroatoms. The lowest BCUT2D eigenvalue weighted by atomic mass is 10.0. The molecule has 0 aliphatic carbocycles. The van der Waals surface area contributed by atoms with Crippen molar-refractivity contribution in [1.29, 1.82) is 0 Å². The van der Waals surface area contributed by atoms with Crippen molar-refractivity contribution in [3.05, 3.63) is 35.0 Å². The van der Waals surface area contributed by atoms with Crippen molar-refractivity contribution in [3.63, 3.8) is 0 Å². The third-order valence-electron chi connectivity index (χ3n) is 4.49. The number of benzene rings is 1. The zero-order chi connectivity index (χ0) is 14.8. The molecule has 1 aliphatic heterocycles. The summed E-state index contributed by atoms with van der Waals surface area (Å²) in [6.45, 7) is 6.48. The number of aryl methyl sites for hydroxylation is 2. The normalized spacial score (nSPS) is 16.2. The topological polar surface area (TPSA) is 36.4 Å². The van der Waals surface area contributed by atoms with Crippen molar-refractivity contribution in [2.24, 2.45) is 0 Å². The standard InChI is InChI=1S/C18H24N2O/c1-13-9-16-17(11-15(13)12-21)19-14(2)10-18(16)20-7-5-3-4-6-8-20/h9-11,21H,3-8,12H2,1-2H3. The van der Waals surface area contributed by atoms with Gasteiger partial charge in [-0.2, -0.15) is 0 Å². The van der Waals surface area contributed by atoms with Crippen LogP contribution in [0, 0.1) is 13.8 Å². The molecule has 0 amide bonds. The maximum Gasteiger partial charge on any atom is 0.0729 e. The summed E-state index contributed by atoms with van der Waals surface area (Å²) in [5, 5.41) is 10.7. The van der Waals surface area contributed by atoms with Crippen LogP contribution in [0.2, 0.25) is 0 Å². The van der Waals surface area contributed by atoms with Crippen LogP contribution in [-0.2, 0) is 6.61 Å². The number of rotatable bonds is 2. The van der Waals surface area contributed by atoms with E-state index in [4.69, 9.17) is 0 Å². The average Bonchev–Trinajstić information content (AvgIpc) is 2.75. The first-order chi connectivity index (χ1) is 10.2. The zero-order valence-electron chi connectivity index (χ0n) is 13.0. The Balaban J connectivity index is 2.14. The van der Waals surface area contributed by atoms with E-state index in [-0.39, 0.29) is 6.61 Å². The molecule has 1 saturated heterocycles. The summed E-state index contributed by atoms with van der Waals surface area (Å²) in [6.07, 6.45) is 5.23. The number of fused-ring (bicyclic) bond motifs is 1. The number of aliphatic hydroxyl groups excluding tert-OH is 1. The Morgan fingerprint density at radius 3 is 2.43 bits per heavy atom. The monoisotopic (exact) mass is 284 g/mol. The Bertz CT molecular complexity index is 643. The lowest BCUT2D eigenvalue weighted by Gasteiger charge is -2.25. The van der Waals surface area contributed by atoms with Crippen molar-refractivity contribution >= 4 is 16.6 Å². The fraction of sp³-hybridized carbons (Fsp3) is 0.500. The molecule has 1 aromatic carbocycles. The Morgan fingerprint density at radius 2 is 1.76 bits per heavy atom. The number of aliphatic hydroxyl groups is 1. The molecule has 21 heavy (non-hydrogen) atoms. The molecule has 0 radical (unpaired) electrons. The second-order valence-corrected chi connectivity index (χ2v) is 6.14. The van der Waals surface area contributed by atoms with Crippen molar-refractivity contribution in [3.8, 4) is 0 Å². The Hall–Kier alpha value is -1.61. The Morgan fingerprint density at radius 1 is 1.05 bits per heavy atom. The van der Waals surface area contributed by atoms with Crippen LogP contribution in [0.25, 0.3) is 10.9 Å². The molecule has 1 aliphatic rings. The van der Waals surface area contributed by atoms with E-state index in [1.807, 2.05) is 6.07 Å². The van der Waals surface area contributed by atoms with Gasteiger partial charge in [-0.15, -0.1) is 0 Å². The second kappa shape index (κ2) is 6.02. The smallest absolute Gasteiger partial charge is 0.0729 e. The quantitative estimate of drug-likeness (QED) is 0.913. The summed E-state index contributed by atoms with van der Waals surface area (Å²) >= 11 is 0. The van der Waals surface area contributed by atoms with Crippen LogP contribution < -0.4 is 4.90 Å². The van der Waals surface area contributed by atoms with Gasteiger partial charge in [0.15, 0.2) is 0 Å². The molecule has 1 N–H and O–H groups in total. The fourth-order valence-corrected chi connectivity index (χ4v) is 3.28. The van der Waals surface area contributed by atoms with Crippen LogP contribution in [0.1, 0.15) is 42.5 Å². The molecular formula is C18H24N2O. The first kappa shape index (κ1) is 14.3. The predicted molar refractivity (Wildman–Crippen MR) is 87.8 cm³/mol. The van der Waals surface area contributed by atoms with Gasteiger partial charge in [-0.3, -0.25) is 4.98 Å². The molecule has 0 bridgehead atoms. The van der Waals surface area contributed by atoms with Gasteiger partial charge in [0.05, 0.1) is 12.1 Å². The number of pyridine rings is 1. The van der Waals surface area contributed by atoms with Gasteiger partial charge in [-0.1, -0.05) is 12.8 Å². The number of nitrogens with zero attached hydrogens (tertiary/aromatic N) is 2. The van der Waals surface area contributed by atoms with Gasteiger partial charge in [0, 0.05) is 29.9 Å². The molecule has 3 rings (SSSR count). The van der Waals surface area contributed by atoms with E-state index in [9.17, 15) is 5.11 Å². The molecule has 112 valence electrons. The van der Waals surface area contributed by atoms with Crippen LogP contribution >= 0.6 is 0 Å². The molecule has 1 fully saturated rings. The number of hydrogen-bond donors (Lipinski definition) is 1. The maximum atomic E-state index is 9.46. The minimum atomic E-state index is 0.0798. The summed E-state index contributed by atoms with van der Waals surface area (Å²) in [7, 11) is 0. The van der Waals surface area contributed by atoms with Gasteiger partial charge in [0.1, 0.15) is 0 Å². The largest absolute Gasteiger partial charge is 0.392 e. The van der Waals surface area contributed by atoms with E-state index >= 15 is 0 Å². The summed E-state index contributed by atoms with van der Waals surface area (Å²) in [4.78, 5) is 7.18. The first-order valence-electron chi connectivity index (χ1n) is 7.96. The van der Waals surface area contributed by atoms with E-state index in [1.165, 1.54) is 36.8 Å². The van der Waals surface area contributed by atoms with Gasteiger partial charge >= 0.3 is 0 Å². The van der Waals surface area contributed by atoms with Gasteiger partial charge in [-0.05, 0) is 56.0 Å². The minimum absolute atomic E-state index is 0.0798. The lowest BCUT2D eigenvalue weighted by molar-refractivity contribution is 0.281. The highest BCUT2D eigenvalue weighted by molar-refractivity contribution is 5.93. The molecule has 0 atom stereocenters. The third-order valence-corrected chi connectivity index (χ3v) is 4.49. The van der Waals surface area contributed by atoms with Crippen molar-refractivity contribution in [1.82, 2.24) is 4.98 Å². The highest BCUT2D eigenvalue weighted by Gasteiger charge is 2.15. The highest BCUT2D eigenvalue weighted by atomic mass is 16.3. The molecule has 1 aromatic heterocycles. The Labute approximate surface area is 126 Å². The number of anilines is 1. The summed E-state index contributed by atoms with van der Waals surface area (Å²) in [5.74, 6) is 0. The lowest BCUT2D eigenvalue weighted by Crippen LogP contribution is -2.24. The second-order valence-electron chi connectivity index (χ2n) is 6.14. The van der Waals surface area contributed by atoms with Crippen LogP contribution in [0.5, 0.6) is 0 Å². The molecule has 2 heterocycles. The van der Waals surface area contributed by atoms with Gasteiger partial charge in [-0.25, -0.2) is 0 Å². The maximum absolute atomic E-state index is 9.46. The van der Waals surface area contributed by atoms with E-state index in [2.05, 4.69) is 35.9 Å². The van der Waals surface area contributed by atoms with Crippen LogP contribution in [0.15, 0.2) is 18.2 Å². The van der Waals surface area contributed by atoms with Crippen molar-refractivity contribution in [2.45, 2.75) is 46.1 Å². The highest BCUT2D eigenvalue weighted by Crippen LogP contribution is 2.30.